The first-order valence-corrected chi connectivity index (χ1v) is 9.60. The Morgan fingerprint density at radius 1 is 1.07 bits per heavy atom. The number of aryl methyl sites for hydroxylation is 1. The maximum Gasteiger partial charge on any atom is 0.226 e. The lowest BCUT2D eigenvalue weighted by atomic mass is 10.1. The lowest BCUT2D eigenvalue weighted by molar-refractivity contribution is 0.114. The number of hydrogen-bond donors (Lipinski definition) is 1. The molecule has 0 spiro atoms. The molecule has 0 amide bonds. The van der Waals surface area contributed by atoms with Gasteiger partial charge in [0, 0.05) is 17.5 Å². The Kier molecular flexibility index (Phi) is 4.47. The molecular formula is C23H22N2O3. The molecule has 1 aliphatic heterocycles. The van der Waals surface area contributed by atoms with Gasteiger partial charge in [0.1, 0.15) is 17.1 Å². The standard InChI is InChI=1S/C23H22N2O3/c1-15-21(25-23(27-15)17-5-3-2-4-6-17)12-19-11-18-9-16(7-8-22(18)28-19)10-20-13-24-14-26-20/h2-9,11,20,24H,10,12-14H2,1H3. The van der Waals surface area contributed by atoms with Crippen molar-refractivity contribution in [2.75, 3.05) is 13.3 Å². The molecule has 1 N–H and O–H groups in total. The van der Waals surface area contributed by atoms with Gasteiger partial charge in [0.05, 0.1) is 24.9 Å². The van der Waals surface area contributed by atoms with Crippen molar-refractivity contribution in [2.24, 2.45) is 0 Å². The number of oxazole rings is 1. The topological polar surface area (TPSA) is 60.4 Å². The Morgan fingerprint density at radius 2 is 1.96 bits per heavy atom. The molecule has 4 aromatic rings. The SMILES string of the molecule is Cc1oc(-c2ccccc2)nc1Cc1cc2cc(CC3CNCO3)ccc2o1. The minimum absolute atomic E-state index is 0.248. The summed E-state index contributed by atoms with van der Waals surface area (Å²) in [5.74, 6) is 2.37. The van der Waals surface area contributed by atoms with Crippen LogP contribution in [0, 0.1) is 6.92 Å². The smallest absolute Gasteiger partial charge is 0.226 e. The minimum atomic E-state index is 0.248. The van der Waals surface area contributed by atoms with Crippen molar-refractivity contribution in [2.45, 2.75) is 25.9 Å². The van der Waals surface area contributed by atoms with Crippen molar-refractivity contribution in [3.63, 3.8) is 0 Å². The van der Waals surface area contributed by atoms with Gasteiger partial charge in [-0.1, -0.05) is 24.3 Å². The van der Waals surface area contributed by atoms with E-state index in [0.29, 0.717) is 19.0 Å². The van der Waals surface area contributed by atoms with Crippen molar-refractivity contribution in [3.05, 3.63) is 77.4 Å². The maximum atomic E-state index is 6.04. The Morgan fingerprint density at radius 3 is 2.79 bits per heavy atom. The largest absolute Gasteiger partial charge is 0.461 e. The van der Waals surface area contributed by atoms with Crippen molar-refractivity contribution in [3.8, 4) is 11.5 Å². The number of ether oxygens (including phenoxy) is 1. The van der Waals surface area contributed by atoms with Gasteiger partial charge in [0.25, 0.3) is 0 Å². The van der Waals surface area contributed by atoms with Crippen LogP contribution in [0.2, 0.25) is 0 Å². The third kappa shape index (κ3) is 3.46. The van der Waals surface area contributed by atoms with Crippen LogP contribution in [0.3, 0.4) is 0 Å². The lowest BCUT2D eigenvalue weighted by Gasteiger charge is -2.07. The van der Waals surface area contributed by atoms with E-state index < -0.39 is 0 Å². The van der Waals surface area contributed by atoms with Crippen molar-refractivity contribution < 1.29 is 13.6 Å². The third-order valence-electron chi connectivity index (χ3n) is 5.14. The van der Waals surface area contributed by atoms with E-state index in [0.717, 1.165) is 46.7 Å². The van der Waals surface area contributed by atoms with Gasteiger partial charge in [-0.2, -0.15) is 0 Å². The summed E-state index contributed by atoms with van der Waals surface area (Å²) in [6.45, 7) is 3.50. The summed E-state index contributed by atoms with van der Waals surface area (Å²) in [7, 11) is 0. The number of nitrogens with zero attached hydrogens (tertiary/aromatic N) is 1. The van der Waals surface area contributed by atoms with Crippen molar-refractivity contribution >= 4 is 11.0 Å². The van der Waals surface area contributed by atoms with Crippen LogP contribution in [0.1, 0.15) is 22.8 Å². The van der Waals surface area contributed by atoms with Crippen molar-refractivity contribution in [1.82, 2.24) is 10.3 Å². The molecule has 1 aliphatic rings. The fraction of sp³-hybridized carbons (Fsp3) is 0.261. The highest BCUT2D eigenvalue weighted by molar-refractivity contribution is 5.78. The second-order valence-electron chi connectivity index (χ2n) is 7.24. The quantitative estimate of drug-likeness (QED) is 0.558. The van der Waals surface area contributed by atoms with Crippen LogP contribution < -0.4 is 5.32 Å². The van der Waals surface area contributed by atoms with Gasteiger partial charge in [-0.05, 0) is 49.2 Å². The van der Waals surface area contributed by atoms with Gasteiger partial charge in [0.2, 0.25) is 5.89 Å². The van der Waals surface area contributed by atoms with Gasteiger partial charge in [-0.3, -0.25) is 5.32 Å². The Hall–Kier alpha value is -2.89. The molecule has 1 unspecified atom stereocenters. The molecule has 5 rings (SSSR count). The molecule has 2 aromatic heterocycles. The number of furan rings is 1. The monoisotopic (exact) mass is 374 g/mol. The first-order chi connectivity index (χ1) is 13.7. The summed E-state index contributed by atoms with van der Waals surface area (Å²) in [4.78, 5) is 4.68. The van der Waals surface area contributed by atoms with E-state index in [1.54, 1.807) is 0 Å². The lowest BCUT2D eigenvalue weighted by Crippen LogP contribution is -2.16. The summed E-state index contributed by atoms with van der Waals surface area (Å²) >= 11 is 0. The first-order valence-electron chi connectivity index (χ1n) is 9.60. The van der Waals surface area contributed by atoms with Crippen LogP contribution in [0.4, 0.5) is 0 Å². The van der Waals surface area contributed by atoms with Crippen LogP contribution in [-0.4, -0.2) is 24.4 Å². The molecule has 0 saturated carbocycles. The van der Waals surface area contributed by atoms with Gasteiger partial charge < -0.3 is 13.6 Å². The molecule has 1 atom stereocenters. The highest BCUT2D eigenvalue weighted by Crippen LogP contribution is 2.27. The molecule has 142 valence electrons. The fourth-order valence-electron chi connectivity index (χ4n) is 3.67. The molecule has 3 heterocycles. The summed E-state index contributed by atoms with van der Waals surface area (Å²) in [6, 6.07) is 18.4. The Balaban J connectivity index is 1.37. The molecular weight excluding hydrogens is 352 g/mol. The fourth-order valence-corrected chi connectivity index (χ4v) is 3.67. The molecule has 5 nitrogen and oxygen atoms in total. The van der Waals surface area contributed by atoms with E-state index in [1.165, 1.54) is 5.56 Å². The zero-order valence-corrected chi connectivity index (χ0v) is 15.8. The van der Waals surface area contributed by atoms with Gasteiger partial charge in [-0.15, -0.1) is 0 Å². The Bertz CT molecular complexity index is 1090. The predicted octanol–water partition coefficient (Wildman–Crippen LogP) is 4.48. The van der Waals surface area contributed by atoms with E-state index in [2.05, 4.69) is 28.5 Å². The van der Waals surface area contributed by atoms with Crippen LogP contribution in [0.5, 0.6) is 0 Å². The van der Waals surface area contributed by atoms with Gasteiger partial charge in [-0.25, -0.2) is 4.98 Å². The van der Waals surface area contributed by atoms with E-state index in [9.17, 15) is 0 Å². The minimum Gasteiger partial charge on any atom is -0.461 e. The molecule has 0 bridgehead atoms. The van der Waals surface area contributed by atoms with E-state index >= 15 is 0 Å². The number of rotatable bonds is 5. The first kappa shape index (κ1) is 17.2. The molecule has 2 aromatic carbocycles. The van der Waals surface area contributed by atoms with Gasteiger partial charge in [0.15, 0.2) is 0 Å². The number of hydrogen-bond acceptors (Lipinski definition) is 5. The van der Waals surface area contributed by atoms with E-state index in [4.69, 9.17) is 13.6 Å². The van der Waals surface area contributed by atoms with Crippen LogP contribution in [0.25, 0.3) is 22.4 Å². The molecule has 1 saturated heterocycles. The summed E-state index contributed by atoms with van der Waals surface area (Å²) < 4.78 is 17.6. The molecule has 1 fully saturated rings. The molecule has 28 heavy (non-hydrogen) atoms. The van der Waals surface area contributed by atoms with Crippen LogP contribution >= 0.6 is 0 Å². The Labute approximate surface area is 163 Å². The predicted molar refractivity (Wildman–Crippen MR) is 107 cm³/mol. The third-order valence-corrected chi connectivity index (χ3v) is 5.14. The molecule has 0 radical (unpaired) electrons. The number of benzene rings is 2. The average Bonchev–Trinajstić information content (AvgIpc) is 3.43. The highest BCUT2D eigenvalue weighted by Gasteiger charge is 2.17. The maximum absolute atomic E-state index is 6.04. The van der Waals surface area contributed by atoms with E-state index in [1.807, 2.05) is 43.3 Å². The average molecular weight is 374 g/mol. The van der Waals surface area contributed by atoms with Crippen molar-refractivity contribution in [1.29, 1.82) is 0 Å². The number of aromatic nitrogens is 1. The summed E-state index contributed by atoms with van der Waals surface area (Å²) in [5, 5.41) is 4.34. The number of fused-ring (bicyclic) bond motifs is 1. The molecule has 5 heteroatoms. The molecule has 0 aliphatic carbocycles. The van der Waals surface area contributed by atoms with Gasteiger partial charge >= 0.3 is 0 Å². The van der Waals surface area contributed by atoms with E-state index in [-0.39, 0.29) is 6.10 Å². The summed E-state index contributed by atoms with van der Waals surface area (Å²) in [5.41, 5.74) is 4.05. The second kappa shape index (κ2) is 7.26. The van der Waals surface area contributed by atoms with Crippen LogP contribution in [-0.2, 0) is 17.6 Å². The highest BCUT2D eigenvalue weighted by atomic mass is 16.5. The zero-order valence-electron chi connectivity index (χ0n) is 15.8. The second-order valence-corrected chi connectivity index (χ2v) is 7.24. The number of nitrogens with one attached hydrogen (secondary N) is 1. The van der Waals surface area contributed by atoms with Crippen LogP contribution in [0.15, 0.2) is 63.4 Å². The zero-order chi connectivity index (χ0) is 18.9. The normalized spacial score (nSPS) is 16.8. The summed E-state index contributed by atoms with van der Waals surface area (Å²) in [6.07, 6.45) is 1.77.